The summed E-state index contributed by atoms with van der Waals surface area (Å²) in [5.41, 5.74) is 2.15. The average Bonchev–Trinajstić information content (AvgIpc) is 3.64. The van der Waals surface area contributed by atoms with Crippen LogP contribution in [0, 0.1) is 5.92 Å². The second-order valence-electron chi connectivity index (χ2n) is 8.62. The van der Waals surface area contributed by atoms with Gasteiger partial charge in [-0.3, -0.25) is 0 Å². The summed E-state index contributed by atoms with van der Waals surface area (Å²) in [6, 6.07) is 16.1. The normalized spacial score (nSPS) is 17.6. The van der Waals surface area contributed by atoms with Gasteiger partial charge in [-0.15, -0.1) is 23.2 Å². The fourth-order valence-electron chi connectivity index (χ4n) is 3.22. The van der Waals surface area contributed by atoms with Gasteiger partial charge in [-0.2, -0.15) is 0 Å². The molecule has 0 radical (unpaired) electrons. The Morgan fingerprint density at radius 1 is 0.906 bits per heavy atom. The molecule has 1 heterocycles. The Bertz CT molecular complexity index is 806. The third-order valence-corrected chi connectivity index (χ3v) is 6.33. The van der Waals surface area contributed by atoms with Crippen LogP contribution in [0.4, 0.5) is 0 Å². The van der Waals surface area contributed by atoms with Gasteiger partial charge in [0, 0.05) is 17.2 Å². The number of alkyl halides is 2. The molecule has 3 rings (SSSR count). The van der Waals surface area contributed by atoms with Gasteiger partial charge in [0.1, 0.15) is 30.3 Å². The zero-order chi connectivity index (χ0) is 23.0. The van der Waals surface area contributed by atoms with Gasteiger partial charge >= 0.3 is 0 Å². The molecule has 176 valence electrons. The number of rotatable bonds is 14. The molecule has 0 bridgehead atoms. The quantitative estimate of drug-likeness (QED) is 0.314. The topological polar surface area (TPSA) is 60.5 Å². The van der Waals surface area contributed by atoms with E-state index in [1.54, 1.807) is 0 Å². The first-order chi connectivity index (χ1) is 15.4. The molecule has 0 aliphatic carbocycles. The molecular weight excluding hydrogens is 451 g/mol. The predicted molar refractivity (Wildman–Crippen MR) is 127 cm³/mol. The van der Waals surface area contributed by atoms with Gasteiger partial charge in [-0.05, 0) is 35.4 Å². The third-order valence-electron chi connectivity index (χ3n) is 5.54. The van der Waals surface area contributed by atoms with E-state index in [1.165, 1.54) is 5.56 Å². The standard InChI is InChI=1S/C25H32Cl2O5/c1-25(2,20-5-9-23(10-6-20)31-15-21(28)12-27)19-3-7-22(8-4-19)30-14-18(11-26)13-29-16-24-17-32-24/h3-10,18,21,24,28H,11-17H2,1-2H3. The van der Waals surface area contributed by atoms with Gasteiger partial charge in [-0.25, -0.2) is 0 Å². The van der Waals surface area contributed by atoms with Crippen LogP contribution in [-0.2, 0) is 14.9 Å². The van der Waals surface area contributed by atoms with Crippen LogP contribution in [0.3, 0.4) is 0 Å². The smallest absolute Gasteiger partial charge is 0.119 e. The zero-order valence-corrected chi connectivity index (χ0v) is 20.1. The summed E-state index contributed by atoms with van der Waals surface area (Å²) in [5, 5.41) is 9.53. The van der Waals surface area contributed by atoms with Crippen LogP contribution in [0.2, 0.25) is 0 Å². The highest BCUT2D eigenvalue weighted by Crippen LogP contribution is 2.33. The second kappa shape index (κ2) is 12.1. The Morgan fingerprint density at radius 3 is 1.91 bits per heavy atom. The lowest BCUT2D eigenvalue weighted by Crippen LogP contribution is -2.21. The monoisotopic (exact) mass is 482 g/mol. The number of ether oxygens (including phenoxy) is 4. The lowest BCUT2D eigenvalue weighted by molar-refractivity contribution is 0.0751. The van der Waals surface area contributed by atoms with Gasteiger partial charge in [0.25, 0.3) is 0 Å². The fourth-order valence-corrected chi connectivity index (χ4v) is 3.49. The van der Waals surface area contributed by atoms with Crippen molar-refractivity contribution in [1.29, 1.82) is 0 Å². The molecule has 1 saturated heterocycles. The molecule has 0 saturated carbocycles. The molecule has 5 nitrogen and oxygen atoms in total. The van der Waals surface area contributed by atoms with Crippen molar-refractivity contribution in [2.45, 2.75) is 31.5 Å². The van der Waals surface area contributed by atoms with E-state index in [2.05, 4.69) is 26.0 Å². The van der Waals surface area contributed by atoms with Crippen molar-refractivity contribution in [3.8, 4) is 11.5 Å². The largest absolute Gasteiger partial charge is 0.493 e. The maximum absolute atomic E-state index is 9.53. The first-order valence-corrected chi connectivity index (χ1v) is 11.9. The van der Waals surface area contributed by atoms with Crippen molar-refractivity contribution in [2.75, 3.05) is 44.8 Å². The van der Waals surface area contributed by atoms with Crippen LogP contribution >= 0.6 is 23.2 Å². The maximum atomic E-state index is 9.53. The van der Waals surface area contributed by atoms with E-state index in [1.807, 2.05) is 36.4 Å². The molecule has 7 heteroatoms. The van der Waals surface area contributed by atoms with E-state index in [0.29, 0.717) is 31.5 Å². The van der Waals surface area contributed by atoms with Crippen LogP contribution in [-0.4, -0.2) is 62.1 Å². The number of halogens is 2. The molecule has 3 atom stereocenters. The molecule has 0 aromatic heterocycles. The molecule has 32 heavy (non-hydrogen) atoms. The highest BCUT2D eigenvalue weighted by Gasteiger charge is 2.24. The SMILES string of the molecule is CC(C)(c1ccc(OCC(O)CCl)cc1)c1ccc(OCC(CCl)COCC2CO2)cc1. The fraction of sp³-hybridized carbons (Fsp3) is 0.520. The van der Waals surface area contributed by atoms with Gasteiger partial charge in [0.2, 0.25) is 0 Å². The molecule has 0 amide bonds. The van der Waals surface area contributed by atoms with Crippen molar-refractivity contribution in [3.63, 3.8) is 0 Å². The molecule has 2 aromatic carbocycles. The molecular formula is C25H32Cl2O5. The molecule has 3 unspecified atom stereocenters. The third kappa shape index (κ3) is 7.53. The summed E-state index contributed by atoms with van der Waals surface area (Å²) >= 11 is 11.7. The molecule has 1 N–H and O–H groups in total. The molecule has 0 spiro atoms. The summed E-state index contributed by atoms with van der Waals surface area (Å²) in [6.07, 6.45) is -0.409. The Kier molecular flexibility index (Phi) is 9.50. The first-order valence-electron chi connectivity index (χ1n) is 10.9. The maximum Gasteiger partial charge on any atom is 0.119 e. The summed E-state index contributed by atoms with van der Waals surface area (Å²) in [4.78, 5) is 0. The Balaban J connectivity index is 1.52. The number of hydrogen-bond acceptors (Lipinski definition) is 5. The number of aliphatic hydroxyl groups is 1. The van der Waals surface area contributed by atoms with Gasteiger partial charge < -0.3 is 24.1 Å². The van der Waals surface area contributed by atoms with Crippen molar-refractivity contribution in [3.05, 3.63) is 59.7 Å². The number of hydrogen-bond donors (Lipinski definition) is 1. The van der Waals surface area contributed by atoms with Crippen molar-refractivity contribution >= 4 is 23.2 Å². The lowest BCUT2D eigenvalue weighted by atomic mass is 9.78. The average molecular weight is 483 g/mol. The minimum absolute atomic E-state index is 0.137. The van der Waals surface area contributed by atoms with Gasteiger partial charge in [0.05, 0.1) is 32.3 Å². The summed E-state index contributed by atoms with van der Waals surface area (Å²) < 4.78 is 22.3. The van der Waals surface area contributed by atoms with Crippen LogP contribution < -0.4 is 9.47 Å². The molecule has 2 aromatic rings. The van der Waals surface area contributed by atoms with Crippen molar-refractivity contribution in [2.24, 2.45) is 5.92 Å². The van der Waals surface area contributed by atoms with Crippen LogP contribution in [0.25, 0.3) is 0 Å². The van der Waals surface area contributed by atoms with Gasteiger partial charge in [-0.1, -0.05) is 38.1 Å². The van der Waals surface area contributed by atoms with E-state index in [-0.39, 0.29) is 29.9 Å². The van der Waals surface area contributed by atoms with Gasteiger partial charge in [0.15, 0.2) is 0 Å². The Labute approximate surface area is 200 Å². The zero-order valence-electron chi connectivity index (χ0n) is 18.6. The van der Waals surface area contributed by atoms with E-state index >= 15 is 0 Å². The minimum Gasteiger partial charge on any atom is -0.493 e. The van der Waals surface area contributed by atoms with E-state index in [0.717, 1.165) is 17.9 Å². The highest BCUT2D eigenvalue weighted by atomic mass is 35.5. The molecule has 1 aliphatic heterocycles. The predicted octanol–water partition coefficient (Wildman–Crippen LogP) is 4.64. The van der Waals surface area contributed by atoms with E-state index < -0.39 is 6.10 Å². The first kappa shape index (κ1) is 25.1. The number of benzene rings is 2. The minimum atomic E-state index is -0.668. The Morgan fingerprint density at radius 2 is 1.44 bits per heavy atom. The van der Waals surface area contributed by atoms with E-state index in [4.69, 9.17) is 42.1 Å². The summed E-state index contributed by atoms with van der Waals surface area (Å²) in [5.74, 6) is 2.30. The number of epoxide rings is 1. The summed E-state index contributed by atoms with van der Waals surface area (Å²) in [7, 11) is 0. The number of aliphatic hydroxyl groups excluding tert-OH is 1. The van der Waals surface area contributed by atoms with Crippen LogP contribution in [0.5, 0.6) is 11.5 Å². The Hall–Kier alpha value is -1.50. The summed E-state index contributed by atoms with van der Waals surface area (Å²) in [6.45, 7) is 7.04. The van der Waals surface area contributed by atoms with Crippen molar-refractivity contribution in [1.82, 2.24) is 0 Å². The molecule has 1 aliphatic rings. The van der Waals surface area contributed by atoms with Crippen LogP contribution in [0.15, 0.2) is 48.5 Å². The van der Waals surface area contributed by atoms with E-state index in [9.17, 15) is 5.11 Å². The molecule has 1 fully saturated rings. The highest BCUT2D eigenvalue weighted by molar-refractivity contribution is 6.18. The van der Waals surface area contributed by atoms with Crippen LogP contribution in [0.1, 0.15) is 25.0 Å². The second-order valence-corrected chi connectivity index (χ2v) is 9.23. The lowest BCUT2D eigenvalue weighted by Gasteiger charge is -2.26. The van der Waals surface area contributed by atoms with Crippen molar-refractivity contribution < 1.29 is 24.1 Å².